The summed E-state index contributed by atoms with van der Waals surface area (Å²) in [4.78, 5) is 0. The summed E-state index contributed by atoms with van der Waals surface area (Å²) in [6, 6.07) is 27.0. The molecule has 128 valence electrons. The molecule has 26 heavy (non-hydrogen) atoms. The Morgan fingerprint density at radius 2 is 1.54 bits per heavy atom. The number of nitrogens with zero attached hydrogens (tertiary/aromatic N) is 1. The first-order chi connectivity index (χ1) is 12.7. The van der Waals surface area contributed by atoms with E-state index in [1.807, 2.05) is 84.9 Å². The second-order valence-corrected chi connectivity index (χ2v) is 5.57. The van der Waals surface area contributed by atoms with Crippen molar-refractivity contribution in [3.63, 3.8) is 0 Å². The molecule has 0 aromatic heterocycles. The van der Waals surface area contributed by atoms with Crippen LogP contribution in [-0.2, 0) is 0 Å². The molecule has 0 saturated heterocycles. The van der Waals surface area contributed by atoms with Crippen molar-refractivity contribution in [2.24, 2.45) is 11.6 Å². The molecule has 0 aliphatic rings. The van der Waals surface area contributed by atoms with Crippen molar-refractivity contribution < 1.29 is 4.74 Å². The molecule has 3 aromatic carbocycles. The van der Waals surface area contributed by atoms with Crippen LogP contribution in [0.3, 0.4) is 0 Å². The van der Waals surface area contributed by atoms with Crippen LogP contribution in [-0.4, -0.2) is 0 Å². The molecule has 3 aromatic rings. The van der Waals surface area contributed by atoms with Crippen LogP contribution in [0.4, 0.5) is 0 Å². The fourth-order valence-corrected chi connectivity index (χ4v) is 2.52. The van der Waals surface area contributed by atoms with Gasteiger partial charge in [-0.25, -0.2) is 5.84 Å². The number of ether oxygens (including phenoxy) is 1. The fourth-order valence-electron chi connectivity index (χ4n) is 2.52. The molecule has 0 fully saturated rings. The van der Waals surface area contributed by atoms with E-state index in [-0.39, 0.29) is 5.70 Å². The summed E-state index contributed by atoms with van der Waals surface area (Å²) in [6.45, 7) is 0. The van der Waals surface area contributed by atoms with Gasteiger partial charge < -0.3 is 15.9 Å². The molecule has 0 amide bonds. The fraction of sp³-hybridized carbons (Fsp3) is 0. The summed E-state index contributed by atoms with van der Waals surface area (Å²) in [5.41, 5.74) is 11.5. The highest BCUT2D eigenvalue weighted by molar-refractivity contribution is 5.74. The highest BCUT2D eigenvalue weighted by Gasteiger charge is 2.06. The number of hydrogen-bond acceptors (Lipinski definition) is 5. The van der Waals surface area contributed by atoms with Crippen molar-refractivity contribution in [2.75, 3.05) is 0 Å². The van der Waals surface area contributed by atoms with Crippen molar-refractivity contribution in [1.82, 2.24) is 5.43 Å². The summed E-state index contributed by atoms with van der Waals surface area (Å²) in [5, 5.41) is 9.05. The van der Waals surface area contributed by atoms with Gasteiger partial charge in [-0.1, -0.05) is 48.5 Å². The Balaban J connectivity index is 1.85. The minimum atomic E-state index is 0.133. The van der Waals surface area contributed by atoms with E-state index in [2.05, 4.69) is 5.43 Å². The van der Waals surface area contributed by atoms with Crippen LogP contribution in [0.25, 0.3) is 16.8 Å². The number of benzene rings is 3. The van der Waals surface area contributed by atoms with Crippen LogP contribution in [0.5, 0.6) is 11.5 Å². The molecule has 0 unspecified atom stereocenters. The highest BCUT2D eigenvalue weighted by Crippen LogP contribution is 2.27. The Morgan fingerprint density at radius 3 is 2.19 bits per heavy atom. The molecular formula is C21H18N4O. The van der Waals surface area contributed by atoms with Gasteiger partial charge in [0.05, 0.1) is 5.70 Å². The van der Waals surface area contributed by atoms with Crippen molar-refractivity contribution >= 4 is 5.70 Å². The van der Waals surface area contributed by atoms with Gasteiger partial charge in [-0.15, -0.1) is 0 Å². The van der Waals surface area contributed by atoms with Gasteiger partial charge in [-0.3, -0.25) is 0 Å². The van der Waals surface area contributed by atoms with E-state index >= 15 is 0 Å². The normalized spacial score (nSPS) is 11.2. The smallest absolute Gasteiger partial charge is 0.151 e. The molecule has 5 heteroatoms. The van der Waals surface area contributed by atoms with E-state index in [1.54, 1.807) is 0 Å². The third-order valence-electron chi connectivity index (χ3n) is 3.87. The lowest BCUT2D eigenvalue weighted by Crippen LogP contribution is -2.23. The van der Waals surface area contributed by atoms with E-state index in [1.165, 1.54) is 0 Å². The summed E-state index contributed by atoms with van der Waals surface area (Å²) in [6.07, 6.45) is 0. The lowest BCUT2D eigenvalue weighted by atomic mass is 10.0. The third-order valence-corrected chi connectivity index (χ3v) is 3.87. The third kappa shape index (κ3) is 3.83. The number of hydrazine groups is 1. The molecule has 0 spiro atoms. The summed E-state index contributed by atoms with van der Waals surface area (Å²) >= 11 is 0. The molecular weight excluding hydrogens is 324 g/mol. The van der Waals surface area contributed by atoms with Gasteiger partial charge in [0.1, 0.15) is 17.6 Å². The monoisotopic (exact) mass is 342 g/mol. The van der Waals surface area contributed by atoms with Crippen molar-refractivity contribution in [1.29, 1.82) is 5.26 Å². The van der Waals surface area contributed by atoms with Crippen molar-refractivity contribution in [3.8, 4) is 28.7 Å². The van der Waals surface area contributed by atoms with Crippen molar-refractivity contribution in [3.05, 3.63) is 90.1 Å². The average molecular weight is 342 g/mol. The van der Waals surface area contributed by atoms with E-state index in [0.717, 1.165) is 28.2 Å². The number of rotatable bonds is 5. The van der Waals surface area contributed by atoms with E-state index in [0.29, 0.717) is 5.70 Å². The van der Waals surface area contributed by atoms with Gasteiger partial charge in [0, 0.05) is 5.56 Å². The Kier molecular flexibility index (Phi) is 5.18. The van der Waals surface area contributed by atoms with Crippen LogP contribution in [0.15, 0.2) is 84.6 Å². The van der Waals surface area contributed by atoms with Gasteiger partial charge in [0.2, 0.25) is 0 Å². The second-order valence-electron chi connectivity index (χ2n) is 5.57. The van der Waals surface area contributed by atoms with Gasteiger partial charge in [0.15, 0.2) is 5.70 Å². The Bertz CT molecular complexity index is 957. The van der Waals surface area contributed by atoms with Crippen LogP contribution < -0.4 is 21.7 Å². The van der Waals surface area contributed by atoms with Gasteiger partial charge >= 0.3 is 0 Å². The van der Waals surface area contributed by atoms with Crippen LogP contribution >= 0.6 is 0 Å². The summed E-state index contributed by atoms with van der Waals surface area (Å²) in [5.74, 6) is 6.88. The van der Waals surface area contributed by atoms with E-state index in [9.17, 15) is 0 Å². The number of hydrogen-bond donors (Lipinski definition) is 3. The second kappa shape index (κ2) is 7.88. The SMILES string of the molecule is N#C/C(NN)=C(/N)c1cccc(-c2ccc(Oc3ccccc3)cc2)c1. The zero-order valence-electron chi connectivity index (χ0n) is 14.0. The highest BCUT2D eigenvalue weighted by atomic mass is 16.5. The molecule has 5 N–H and O–H groups in total. The number of nitrogens with one attached hydrogen (secondary N) is 1. The quantitative estimate of drug-likeness (QED) is 0.373. The van der Waals surface area contributed by atoms with Gasteiger partial charge in [-0.05, 0) is 41.5 Å². The lowest BCUT2D eigenvalue weighted by molar-refractivity contribution is 0.483. The van der Waals surface area contributed by atoms with Crippen LogP contribution in [0.1, 0.15) is 5.56 Å². The number of allylic oxidation sites excluding steroid dienone is 1. The van der Waals surface area contributed by atoms with E-state index in [4.69, 9.17) is 21.6 Å². The maximum absolute atomic E-state index is 9.05. The first-order valence-corrected chi connectivity index (χ1v) is 8.01. The summed E-state index contributed by atoms with van der Waals surface area (Å²) < 4.78 is 5.81. The number of nitrogens with two attached hydrogens (primary N) is 2. The molecule has 5 nitrogen and oxygen atoms in total. The molecule has 0 aliphatic heterocycles. The maximum atomic E-state index is 9.05. The molecule has 0 aliphatic carbocycles. The molecule has 0 atom stereocenters. The largest absolute Gasteiger partial charge is 0.457 e. The summed E-state index contributed by atoms with van der Waals surface area (Å²) in [7, 11) is 0. The van der Waals surface area contributed by atoms with Gasteiger partial charge in [0.25, 0.3) is 0 Å². The first-order valence-electron chi connectivity index (χ1n) is 8.01. The Morgan fingerprint density at radius 1 is 0.846 bits per heavy atom. The Labute approximate surface area is 152 Å². The molecule has 0 heterocycles. The average Bonchev–Trinajstić information content (AvgIpc) is 2.70. The first kappa shape index (κ1) is 17.1. The molecule has 0 saturated carbocycles. The van der Waals surface area contributed by atoms with Crippen molar-refractivity contribution in [2.45, 2.75) is 0 Å². The predicted octanol–water partition coefficient (Wildman–Crippen LogP) is 3.76. The minimum absolute atomic E-state index is 0.133. The molecule has 0 radical (unpaired) electrons. The zero-order chi connectivity index (χ0) is 18.4. The van der Waals surface area contributed by atoms with E-state index < -0.39 is 0 Å². The predicted molar refractivity (Wildman–Crippen MR) is 102 cm³/mol. The van der Waals surface area contributed by atoms with Crippen LogP contribution in [0.2, 0.25) is 0 Å². The topological polar surface area (TPSA) is 97.1 Å². The minimum Gasteiger partial charge on any atom is -0.457 e. The Hall–Kier alpha value is -3.75. The van der Waals surface area contributed by atoms with Crippen LogP contribution in [0, 0.1) is 11.3 Å². The molecule has 3 rings (SSSR count). The number of nitriles is 1. The zero-order valence-corrected chi connectivity index (χ0v) is 14.0. The van der Waals surface area contributed by atoms with Gasteiger partial charge in [-0.2, -0.15) is 5.26 Å². The lowest BCUT2D eigenvalue weighted by Gasteiger charge is -2.09. The standard InChI is InChI=1S/C21H18N4O/c22-14-20(25-24)21(23)17-6-4-5-16(13-17)15-9-11-19(12-10-15)26-18-7-2-1-3-8-18/h1-13,25H,23-24H2/b21-20-. The maximum Gasteiger partial charge on any atom is 0.151 e. The molecule has 0 bridgehead atoms. The number of para-hydroxylation sites is 1.